The minimum atomic E-state index is -0.500. The van der Waals surface area contributed by atoms with E-state index in [1.165, 1.54) is 13.3 Å². The highest BCUT2D eigenvalue weighted by atomic mass is 32.1. The Morgan fingerprint density at radius 1 is 1.42 bits per heavy atom. The predicted molar refractivity (Wildman–Crippen MR) is 85.5 cm³/mol. The van der Waals surface area contributed by atoms with Crippen LogP contribution in [-0.4, -0.2) is 48.3 Å². The van der Waals surface area contributed by atoms with Crippen LogP contribution in [0, 0.1) is 0 Å². The van der Waals surface area contributed by atoms with E-state index in [0.717, 1.165) is 17.8 Å². The molecule has 1 saturated heterocycles. The molecule has 9 heteroatoms. The van der Waals surface area contributed by atoms with Crippen molar-refractivity contribution in [3.8, 4) is 5.88 Å². The summed E-state index contributed by atoms with van der Waals surface area (Å²) in [6.45, 7) is 1.11. The molecule has 0 aromatic carbocycles. The number of carbonyl (C=O) groups is 2. The number of carbonyl (C=O) groups excluding carboxylic acids is 2. The second-order valence-corrected chi connectivity index (χ2v) is 5.97. The van der Waals surface area contributed by atoms with E-state index in [9.17, 15) is 9.59 Å². The number of methoxy groups -OCH3 is 1. The van der Waals surface area contributed by atoms with E-state index < -0.39 is 11.9 Å². The molecule has 2 aromatic rings. The molecule has 126 valence electrons. The first kappa shape index (κ1) is 16.3. The molecule has 1 fully saturated rings. The number of anilines is 1. The maximum absolute atomic E-state index is 12.4. The average Bonchev–Trinajstić information content (AvgIpc) is 3.26. The van der Waals surface area contributed by atoms with Gasteiger partial charge in [0, 0.05) is 12.6 Å². The van der Waals surface area contributed by atoms with Gasteiger partial charge < -0.3 is 14.2 Å². The van der Waals surface area contributed by atoms with E-state index >= 15 is 0 Å². The summed E-state index contributed by atoms with van der Waals surface area (Å²) in [5.41, 5.74) is 0.291. The van der Waals surface area contributed by atoms with Gasteiger partial charge in [-0.05, 0) is 12.1 Å². The second kappa shape index (κ2) is 7.37. The maximum Gasteiger partial charge on any atom is 0.349 e. The highest BCUT2D eigenvalue weighted by Gasteiger charge is 2.22. The van der Waals surface area contributed by atoms with Gasteiger partial charge >= 0.3 is 5.97 Å². The topological polar surface area (TPSA) is 99.6 Å². The van der Waals surface area contributed by atoms with Crippen molar-refractivity contribution in [1.82, 2.24) is 9.97 Å². The Morgan fingerprint density at radius 2 is 2.29 bits per heavy atom. The molecular weight excluding hydrogens is 334 g/mol. The lowest BCUT2D eigenvalue weighted by Gasteiger charge is -2.13. The third kappa shape index (κ3) is 3.69. The summed E-state index contributed by atoms with van der Waals surface area (Å²) in [6, 6.07) is 3.26. The zero-order chi connectivity index (χ0) is 16.9. The van der Waals surface area contributed by atoms with Crippen molar-refractivity contribution in [3.63, 3.8) is 0 Å². The van der Waals surface area contributed by atoms with Crippen LogP contribution in [0.2, 0.25) is 0 Å². The first-order valence-electron chi connectivity index (χ1n) is 7.22. The second-order valence-electron chi connectivity index (χ2n) is 4.93. The molecule has 24 heavy (non-hydrogen) atoms. The zero-order valence-corrected chi connectivity index (χ0v) is 13.7. The highest BCUT2D eigenvalue weighted by molar-refractivity contribution is 7.17. The first-order chi connectivity index (χ1) is 11.7. The Morgan fingerprint density at radius 3 is 3.04 bits per heavy atom. The van der Waals surface area contributed by atoms with E-state index in [-0.39, 0.29) is 12.0 Å². The lowest BCUT2D eigenvalue weighted by Crippen LogP contribution is -2.20. The number of ether oxygens (including phenoxy) is 3. The summed E-state index contributed by atoms with van der Waals surface area (Å²) >= 11 is 1.03. The summed E-state index contributed by atoms with van der Waals surface area (Å²) < 4.78 is 15.6. The van der Waals surface area contributed by atoms with Crippen LogP contribution in [0.3, 0.4) is 0 Å². The van der Waals surface area contributed by atoms with Crippen molar-refractivity contribution in [2.45, 2.75) is 12.5 Å². The molecule has 1 N–H and O–H groups in total. The number of hydrogen-bond acceptors (Lipinski definition) is 8. The number of aromatic nitrogens is 2. The summed E-state index contributed by atoms with van der Waals surface area (Å²) in [5.74, 6) is -0.669. The Labute approximate surface area is 141 Å². The number of thiazole rings is 1. The fourth-order valence-corrected chi connectivity index (χ4v) is 2.84. The minimum absolute atomic E-state index is 0.114. The van der Waals surface area contributed by atoms with Gasteiger partial charge in [-0.15, -0.1) is 0 Å². The fourth-order valence-electron chi connectivity index (χ4n) is 2.11. The lowest BCUT2D eigenvalue weighted by atomic mass is 10.2. The third-order valence-corrected chi connectivity index (χ3v) is 4.19. The molecule has 0 bridgehead atoms. The molecule has 1 atom stereocenters. The Bertz CT molecular complexity index is 742. The SMILES string of the molecule is COC(=O)c1cnc(NC(=O)c2cccnc2OC2CCOC2)s1. The van der Waals surface area contributed by atoms with E-state index in [1.807, 2.05) is 0 Å². The van der Waals surface area contributed by atoms with Gasteiger partial charge in [0.2, 0.25) is 5.88 Å². The number of hydrogen-bond donors (Lipinski definition) is 1. The van der Waals surface area contributed by atoms with E-state index in [0.29, 0.717) is 28.8 Å². The van der Waals surface area contributed by atoms with Crippen LogP contribution in [-0.2, 0) is 9.47 Å². The summed E-state index contributed by atoms with van der Waals surface area (Å²) in [5, 5.41) is 2.92. The zero-order valence-electron chi connectivity index (χ0n) is 12.9. The van der Waals surface area contributed by atoms with Gasteiger partial charge in [0.05, 0.1) is 26.5 Å². The summed E-state index contributed by atoms with van der Waals surface area (Å²) in [4.78, 5) is 32.3. The van der Waals surface area contributed by atoms with Crippen molar-refractivity contribution >= 4 is 28.3 Å². The Hall–Kier alpha value is -2.52. The van der Waals surface area contributed by atoms with Crippen molar-refractivity contribution in [1.29, 1.82) is 0 Å². The van der Waals surface area contributed by atoms with Gasteiger partial charge in [-0.1, -0.05) is 11.3 Å². The van der Waals surface area contributed by atoms with Gasteiger partial charge in [0.25, 0.3) is 5.91 Å². The number of pyridine rings is 1. The average molecular weight is 349 g/mol. The van der Waals surface area contributed by atoms with Crippen LogP contribution in [0.15, 0.2) is 24.5 Å². The number of rotatable bonds is 5. The van der Waals surface area contributed by atoms with Gasteiger partial charge in [-0.3, -0.25) is 10.1 Å². The number of nitrogens with zero attached hydrogens (tertiary/aromatic N) is 2. The van der Waals surface area contributed by atoms with Crippen LogP contribution in [0.4, 0.5) is 5.13 Å². The molecule has 0 spiro atoms. The van der Waals surface area contributed by atoms with Crippen molar-refractivity contribution < 1.29 is 23.8 Å². The fraction of sp³-hybridized carbons (Fsp3) is 0.333. The molecule has 1 aliphatic rings. The van der Waals surface area contributed by atoms with Gasteiger partial charge in [0.15, 0.2) is 5.13 Å². The van der Waals surface area contributed by atoms with Crippen LogP contribution >= 0.6 is 11.3 Å². The number of amides is 1. The lowest BCUT2D eigenvalue weighted by molar-refractivity contribution is 0.0606. The van der Waals surface area contributed by atoms with Crippen LogP contribution < -0.4 is 10.1 Å². The minimum Gasteiger partial charge on any atom is -0.471 e. The molecule has 1 unspecified atom stereocenters. The largest absolute Gasteiger partial charge is 0.471 e. The standard InChI is InChI=1S/C15H15N3O5S/c1-21-14(20)11-7-17-15(24-11)18-12(19)10-3-2-5-16-13(10)23-9-4-6-22-8-9/h2-3,5,7,9H,4,6,8H2,1H3,(H,17,18,19). The van der Waals surface area contributed by atoms with Gasteiger partial charge in [-0.25, -0.2) is 14.8 Å². The molecule has 1 aliphatic heterocycles. The summed E-state index contributed by atoms with van der Waals surface area (Å²) in [6.07, 6.45) is 3.55. The van der Waals surface area contributed by atoms with E-state index in [1.54, 1.807) is 18.3 Å². The molecular formula is C15H15N3O5S. The smallest absolute Gasteiger partial charge is 0.349 e. The maximum atomic E-state index is 12.4. The Balaban J connectivity index is 1.72. The predicted octanol–water partition coefficient (Wildman–Crippen LogP) is 1.74. The van der Waals surface area contributed by atoms with E-state index in [4.69, 9.17) is 9.47 Å². The molecule has 2 aromatic heterocycles. The van der Waals surface area contributed by atoms with Crippen LogP contribution in [0.25, 0.3) is 0 Å². The molecule has 8 nitrogen and oxygen atoms in total. The monoisotopic (exact) mass is 349 g/mol. The molecule has 0 aliphatic carbocycles. The molecule has 3 heterocycles. The van der Waals surface area contributed by atoms with Crippen molar-refractivity contribution in [3.05, 3.63) is 35.0 Å². The molecule has 0 radical (unpaired) electrons. The highest BCUT2D eigenvalue weighted by Crippen LogP contribution is 2.23. The van der Waals surface area contributed by atoms with Gasteiger partial charge in [-0.2, -0.15) is 0 Å². The third-order valence-electron chi connectivity index (χ3n) is 3.29. The van der Waals surface area contributed by atoms with Crippen LogP contribution in [0.5, 0.6) is 5.88 Å². The van der Waals surface area contributed by atoms with Gasteiger partial charge in [0.1, 0.15) is 16.5 Å². The first-order valence-corrected chi connectivity index (χ1v) is 8.04. The molecule has 3 rings (SSSR count). The molecule has 0 saturated carbocycles. The quantitative estimate of drug-likeness (QED) is 0.821. The van der Waals surface area contributed by atoms with Crippen LogP contribution in [0.1, 0.15) is 26.5 Å². The Kier molecular flexibility index (Phi) is 5.02. The normalized spacial score (nSPS) is 16.6. The van der Waals surface area contributed by atoms with E-state index in [2.05, 4.69) is 20.0 Å². The summed E-state index contributed by atoms with van der Waals surface area (Å²) in [7, 11) is 1.28. The number of esters is 1. The molecule has 1 amide bonds. The van der Waals surface area contributed by atoms with Crippen molar-refractivity contribution in [2.75, 3.05) is 25.6 Å². The van der Waals surface area contributed by atoms with Crippen molar-refractivity contribution in [2.24, 2.45) is 0 Å². The number of nitrogens with one attached hydrogen (secondary N) is 1.